The van der Waals surface area contributed by atoms with Gasteiger partial charge in [-0.2, -0.15) is 0 Å². The number of aliphatic hydroxyl groups is 1. The van der Waals surface area contributed by atoms with E-state index in [1.165, 1.54) is 0 Å². The fourth-order valence-electron chi connectivity index (χ4n) is 2.75. The van der Waals surface area contributed by atoms with Gasteiger partial charge in [0.1, 0.15) is 5.15 Å². The molecule has 0 amide bonds. The van der Waals surface area contributed by atoms with E-state index in [2.05, 4.69) is 4.98 Å². The summed E-state index contributed by atoms with van der Waals surface area (Å²) in [5, 5.41) is 9.83. The van der Waals surface area contributed by atoms with Crippen LogP contribution in [0.5, 0.6) is 0 Å². The summed E-state index contributed by atoms with van der Waals surface area (Å²) in [6.45, 7) is 1.27. The third-order valence-corrected chi connectivity index (χ3v) is 3.84. The summed E-state index contributed by atoms with van der Waals surface area (Å²) in [4.78, 5) is 4.10. The van der Waals surface area contributed by atoms with Gasteiger partial charge in [0.25, 0.3) is 0 Å². The van der Waals surface area contributed by atoms with Crippen LogP contribution in [-0.2, 0) is 15.3 Å². The summed E-state index contributed by atoms with van der Waals surface area (Å²) >= 11 is 6.18. The summed E-state index contributed by atoms with van der Waals surface area (Å²) in [6.07, 6.45) is 3.22. The third kappa shape index (κ3) is 1.67. The monoisotopic (exact) mass is 255 g/mol. The SMILES string of the molecule is OC[C@H]1CCC2(OCCO2)c2c1ccnc2Cl. The van der Waals surface area contributed by atoms with Crippen LogP contribution < -0.4 is 0 Å². The second kappa shape index (κ2) is 4.21. The number of aromatic nitrogens is 1. The van der Waals surface area contributed by atoms with E-state index in [9.17, 15) is 5.11 Å². The van der Waals surface area contributed by atoms with Crippen molar-refractivity contribution in [3.63, 3.8) is 0 Å². The van der Waals surface area contributed by atoms with Crippen molar-refractivity contribution in [1.82, 2.24) is 4.98 Å². The minimum Gasteiger partial charge on any atom is -0.396 e. The topological polar surface area (TPSA) is 51.6 Å². The lowest BCUT2D eigenvalue weighted by atomic mass is 9.80. The zero-order valence-corrected chi connectivity index (χ0v) is 10.1. The highest BCUT2D eigenvalue weighted by Crippen LogP contribution is 2.48. The maximum absolute atomic E-state index is 9.41. The molecule has 4 nitrogen and oxygen atoms in total. The van der Waals surface area contributed by atoms with Crippen molar-refractivity contribution in [2.24, 2.45) is 0 Å². The van der Waals surface area contributed by atoms with Gasteiger partial charge in [0, 0.05) is 25.1 Å². The van der Waals surface area contributed by atoms with Crippen molar-refractivity contribution in [2.45, 2.75) is 24.5 Å². The van der Waals surface area contributed by atoms with E-state index in [1.54, 1.807) is 6.20 Å². The van der Waals surface area contributed by atoms with Crippen LogP contribution in [0.25, 0.3) is 0 Å². The van der Waals surface area contributed by atoms with Crippen LogP contribution in [0.15, 0.2) is 12.3 Å². The second-order valence-corrected chi connectivity index (χ2v) is 4.79. The first-order chi connectivity index (χ1) is 8.27. The summed E-state index contributed by atoms with van der Waals surface area (Å²) < 4.78 is 11.5. The number of rotatable bonds is 1. The lowest BCUT2D eigenvalue weighted by molar-refractivity contribution is -0.177. The molecule has 1 aromatic rings. The number of pyridine rings is 1. The molecule has 0 aromatic carbocycles. The first kappa shape index (κ1) is 11.4. The number of nitrogens with zero attached hydrogens (tertiary/aromatic N) is 1. The van der Waals surface area contributed by atoms with Crippen LogP contribution in [0.2, 0.25) is 5.15 Å². The maximum atomic E-state index is 9.41. The Morgan fingerprint density at radius 1 is 1.47 bits per heavy atom. The molecule has 3 rings (SSSR count). The summed E-state index contributed by atoms with van der Waals surface area (Å²) in [5.41, 5.74) is 1.81. The predicted molar refractivity (Wildman–Crippen MR) is 61.9 cm³/mol. The van der Waals surface area contributed by atoms with Crippen molar-refractivity contribution < 1.29 is 14.6 Å². The molecule has 2 heterocycles. The average molecular weight is 256 g/mol. The van der Waals surface area contributed by atoms with Crippen molar-refractivity contribution in [2.75, 3.05) is 19.8 Å². The number of hydrogen-bond acceptors (Lipinski definition) is 4. The Hall–Kier alpha value is -0.680. The van der Waals surface area contributed by atoms with Gasteiger partial charge in [-0.1, -0.05) is 11.6 Å². The number of fused-ring (bicyclic) bond motifs is 2. The lowest BCUT2D eigenvalue weighted by Crippen LogP contribution is -2.34. The van der Waals surface area contributed by atoms with Gasteiger partial charge in [-0.3, -0.25) is 0 Å². The van der Waals surface area contributed by atoms with Crippen LogP contribution in [0.3, 0.4) is 0 Å². The van der Waals surface area contributed by atoms with Gasteiger partial charge in [-0.15, -0.1) is 0 Å². The van der Waals surface area contributed by atoms with E-state index < -0.39 is 5.79 Å². The second-order valence-electron chi connectivity index (χ2n) is 4.43. The highest BCUT2D eigenvalue weighted by atomic mass is 35.5. The van der Waals surface area contributed by atoms with E-state index >= 15 is 0 Å². The minimum absolute atomic E-state index is 0.101. The molecule has 1 aromatic heterocycles. The molecule has 1 spiro atoms. The fourth-order valence-corrected chi connectivity index (χ4v) is 3.05. The molecular formula is C12H14ClNO3. The number of aliphatic hydroxyl groups excluding tert-OH is 1. The first-order valence-electron chi connectivity index (χ1n) is 5.80. The molecule has 92 valence electrons. The zero-order chi connectivity index (χ0) is 11.9. The number of hydrogen-bond donors (Lipinski definition) is 1. The molecule has 1 aliphatic carbocycles. The smallest absolute Gasteiger partial charge is 0.198 e. The molecule has 1 saturated heterocycles. The normalized spacial score (nSPS) is 26.1. The van der Waals surface area contributed by atoms with Crippen LogP contribution in [0.4, 0.5) is 0 Å². The van der Waals surface area contributed by atoms with Crippen molar-refractivity contribution in [3.8, 4) is 0 Å². The lowest BCUT2D eigenvalue weighted by Gasteiger charge is -2.37. The maximum Gasteiger partial charge on any atom is 0.198 e. The van der Waals surface area contributed by atoms with E-state index in [0.717, 1.165) is 24.0 Å². The molecule has 0 bridgehead atoms. The Labute approximate surface area is 105 Å². The molecule has 0 unspecified atom stereocenters. The van der Waals surface area contributed by atoms with Crippen molar-refractivity contribution in [3.05, 3.63) is 28.5 Å². The minimum atomic E-state index is -0.730. The Bertz CT molecular complexity index is 432. The highest BCUT2D eigenvalue weighted by molar-refractivity contribution is 6.30. The Morgan fingerprint density at radius 2 is 2.24 bits per heavy atom. The molecule has 0 radical (unpaired) electrons. The quantitative estimate of drug-likeness (QED) is 0.778. The molecule has 1 aliphatic heterocycles. The van der Waals surface area contributed by atoms with Gasteiger partial charge in [-0.25, -0.2) is 4.98 Å². The van der Waals surface area contributed by atoms with Crippen LogP contribution in [0.1, 0.15) is 29.9 Å². The standard InChI is InChI=1S/C12H14ClNO3/c13-11-10-9(2-4-14-11)8(7-15)1-3-12(10)16-5-6-17-12/h2,4,8,15H,1,3,5-7H2/t8-/m1/s1. The summed E-state index contributed by atoms with van der Waals surface area (Å²) in [7, 11) is 0. The Morgan fingerprint density at radius 3 is 2.94 bits per heavy atom. The third-order valence-electron chi connectivity index (χ3n) is 3.55. The predicted octanol–water partition coefficient (Wildman–Crippen LogP) is 1.80. The van der Waals surface area contributed by atoms with E-state index in [-0.39, 0.29) is 12.5 Å². The van der Waals surface area contributed by atoms with Gasteiger partial charge in [0.15, 0.2) is 5.79 Å². The van der Waals surface area contributed by atoms with E-state index in [1.807, 2.05) is 6.07 Å². The Balaban J connectivity index is 2.15. The van der Waals surface area contributed by atoms with Crippen molar-refractivity contribution in [1.29, 1.82) is 0 Å². The molecule has 1 atom stereocenters. The molecule has 1 N–H and O–H groups in total. The number of halogens is 1. The van der Waals surface area contributed by atoms with Crippen LogP contribution in [-0.4, -0.2) is 29.9 Å². The van der Waals surface area contributed by atoms with Gasteiger partial charge < -0.3 is 14.6 Å². The highest BCUT2D eigenvalue weighted by Gasteiger charge is 2.46. The molecule has 2 aliphatic rings. The molecule has 1 fully saturated rings. The van der Waals surface area contributed by atoms with E-state index in [0.29, 0.717) is 18.4 Å². The van der Waals surface area contributed by atoms with E-state index in [4.69, 9.17) is 21.1 Å². The fraction of sp³-hybridized carbons (Fsp3) is 0.583. The molecular weight excluding hydrogens is 242 g/mol. The largest absolute Gasteiger partial charge is 0.396 e. The first-order valence-corrected chi connectivity index (χ1v) is 6.18. The summed E-state index contributed by atoms with van der Waals surface area (Å²) in [5.74, 6) is -0.629. The zero-order valence-electron chi connectivity index (χ0n) is 9.36. The van der Waals surface area contributed by atoms with Gasteiger partial charge in [0.2, 0.25) is 0 Å². The summed E-state index contributed by atoms with van der Waals surface area (Å²) in [6, 6.07) is 1.90. The molecule has 5 heteroatoms. The van der Waals surface area contributed by atoms with Gasteiger partial charge >= 0.3 is 0 Å². The Kier molecular flexibility index (Phi) is 2.83. The molecule has 17 heavy (non-hydrogen) atoms. The van der Waals surface area contributed by atoms with Crippen molar-refractivity contribution >= 4 is 11.6 Å². The van der Waals surface area contributed by atoms with Gasteiger partial charge in [0.05, 0.1) is 18.8 Å². The van der Waals surface area contributed by atoms with Crippen LogP contribution in [0, 0.1) is 0 Å². The average Bonchev–Trinajstić information content (AvgIpc) is 2.79. The van der Waals surface area contributed by atoms with Gasteiger partial charge in [-0.05, 0) is 18.1 Å². The number of ether oxygens (including phenoxy) is 2. The molecule has 0 saturated carbocycles. The van der Waals surface area contributed by atoms with Crippen LogP contribution >= 0.6 is 11.6 Å².